The maximum atomic E-state index is 5.43. The van der Waals surface area contributed by atoms with E-state index in [0.29, 0.717) is 23.1 Å². The number of aromatic nitrogens is 3. The molecule has 0 aliphatic carbocycles. The van der Waals surface area contributed by atoms with E-state index < -0.39 is 0 Å². The van der Waals surface area contributed by atoms with Gasteiger partial charge in [-0.25, -0.2) is 9.97 Å². The van der Waals surface area contributed by atoms with Crippen LogP contribution in [-0.4, -0.2) is 42.9 Å². The Morgan fingerprint density at radius 1 is 0.900 bits per heavy atom. The number of methoxy groups -OCH3 is 3. The maximum Gasteiger partial charge on any atom is 0.208 e. The van der Waals surface area contributed by atoms with Gasteiger partial charge in [0.05, 0.1) is 33.0 Å². The van der Waals surface area contributed by atoms with Crippen LogP contribution < -0.4 is 24.8 Å². The molecule has 2 aromatic carbocycles. The molecular formula is C22H23N5O3. The lowest BCUT2D eigenvalue weighted by Gasteiger charge is -2.15. The van der Waals surface area contributed by atoms with Crippen molar-refractivity contribution in [1.29, 1.82) is 0 Å². The Balaban J connectivity index is 1.78. The lowest BCUT2D eigenvalue weighted by atomic mass is 10.2. The number of anilines is 3. The molecule has 2 N–H and O–H groups in total. The molecule has 0 spiro atoms. The van der Waals surface area contributed by atoms with Gasteiger partial charge in [0.1, 0.15) is 11.3 Å². The zero-order chi connectivity index (χ0) is 21.1. The van der Waals surface area contributed by atoms with Crippen molar-refractivity contribution < 1.29 is 14.2 Å². The van der Waals surface area contributed by atoms with Gasteiger partial charge < -0.3 is 24.8 Å². The van der Waals surface area contributed by atoms with Crippen molar-refractivity contribution in [2.45, 2.75) is 0 Å². The normalized spacial score (nSPS) is 10.7. The molecular weight excluding hydrogens is 382 g/mol. The number of fused-ring (bicyclic) bond motifs is 1. The van der Waals surface area contributed by atoms with Crippen molar-refractivity contribution in [3.63, 3.8) is 0 Å². The van der Waals surface area contributed by atoms with Crippen LogP contribution in [0, 0.1) is 0 Å². The van der Waals surface area contributed by atoms with E-state index >= 15 is 0 Å². The minimum Gasteiger partial charge on any atom is -0.493 e. The molecule has 2 aromatic heterocycles. The minimum absolute atomic E-state index is 0.537. The first-order valence-electron chi connectivity index (χ1n) is 9.37. The Labute approximate surface area is 174 Å². The average Bonchev–Trinajstić information content (AvgIpc) is 3.16. The first-order chi connectivity index (χ1) is 14.7. The highest BCUT2D eigenvalue weighted by atomic mass is 16.5. The third-order valence-corrected chi connectivity index (χ3v) is 4.72. The number of nitrogens with zero attached hydrogens (tertiary/aromatic N) is 3. The summed E-state index contributed by atoms with van der Waals surface area (Å²) < 4.78 is 18.3. The topological polar surface area (TPSA) is 82.5 Å². The highest BCUT2D eigenvalue weighted by Gasteiger charge is 2.15. The molecule has 2 heterocycles. The molecule has 0 atom stereocenters. The van der Waals surface area contributed by atoms with Gasteiger partial charge in [0.2, 0.25) is 11.7 Å². The summed E-state index contributed by atoms with van der Waals surface area (Å²) in [6.45, 7) is 0. The van der Waals surface area contributed by atoms with Crippen LogP contribution in [0.15, 0.2) is 54.7 Å². The van der Waals surface area contributed by atoms with Crippen molar-refractivity contribution in [2.75, 3.05) is 39.0 Å². The zero-order valence-electron chi connectivity index (χ0n) is 17.3. The number of hydrogen-bond donors (Lipinski definition) is 2. The van der Waals surface area contributed by atoms with Crippen LogP contribution in [0.2, 0.25) is 0 Å². The minimum atomic E-state index is 0.537. The van der Waals surface area contributed by atoms with Crippen LogP contribution in [0.3, 0.4) is 0 Å². The van der Waals surface area contributed by atoms with Gasteiger partial charge in [-0.15, -0.1) is 0 Å². The third-order valence-electron chi connectivity index (χ3n) is 4.72. The van der Waals surface area contributed by atoms with Crippen LogP contribution in [0.25, 0.3) is 16.7 Å². The summed E-state index contributed by atoms with van der Waals surface area (Å²) in [6, 6.07) is 15.7. The molecule has 0 amide bonds. The summed E-state index contributed by atoms with van der Waals surface area (Å²) >= 11 is 0. The second-order valence-electron chi connectivity index (χ2n) is 6.45. The Hall–Kier alpha value is -3.94. The number of para-hydroxylation sites is 1. The number of imidazole rings is 1. The van der Waals surface area contributed by atoms with E-state index in [9.17, 15) is 0 Å². The van der Waals surface area contributed by atoms with Crippen LogP contribution >= 0.6 is 0 Å². The monoisotopic (exact) mass is 405 g/mol. The molecule has 154 valence electrons. The number of benzene rings is 2. The summed E-state index contributed by atoms with van der Waals surface area (Å²) in [4.78, 5) is 9.15. The number of pyridine rings is 1. The third kappa shape index (κ3) is 3.43. The summed E-state index contributed by atoms with van der Waals surface area (Å²) in [5.74, 6) is 3.06. The van der Waals surface area contributed by atoms with Gasteiger partial charge in [0.15, 0.2) is 11.5 Å². The van der Waals surface area contributed by atoms with E-state index in [4.69, 9.17) is 14.2 Å². The lowest BCUT2D eigenvalue weighted by Crippen LogP contribution is -2.01. The van der Waals surface area contributed by atoms with Gasteiger partial charge in [-0.3, -0.25) is 4.57 Å². The number of nitrogens with one attached hydrogen (secondary N) is 2. The van der Waals surface area contributed by atoms with Crippen LogP contribution in [0.4, 0.5) is 17.5 Å². The molecule has 0 saturated carbocycles. The van der Waals surface area contributed by atoms with Gasteiger partial charge >= 0.3 is 0 Å². The van der Waals surface area contributed by atoms with E-state index in [1.807, 2.05) is 55.6 Å². The predicted octanol–water partition coefficient (Wildman–Crippen LogP) is 4.23. The highest BCUT2D eigenvalue weighted by molar-refractivity contribution is 5.83. The van der Waals surface area contributed by atoms with Crippen molar-refractivity contribution in [2.24, 2.45) is 0 Å². The zero-order valence-corrected chi connectivity index (χ0v) is 17.3. The molecule has 8 nitrogen and oxygen atoms in total. The van der Waals surface area contributed by atoms with Crippen LogP contribution in [0.5, 0.6) is 17.2 Å². The molecule has 0 saturated heterocycles. The molecule has 0 aliphatic heterocycles. The van der Waals surface area contributed by atoms with E-state index in [-0.39, 0.29) is 0 Å². The Bertz CT molecular complexity index is 1150. The SMILES string of the molecule is CNc1nc2cnc(Nc3cc(OC)c(OC)c(OC)c3)cc2n1-c1ccccc1. The van der Waals surface area contributed by atoms with Crippen LogP contribution in [-0.2, 0) is 0 Å². The van der Waals surface area contributed by atoms with Crippen molar-refractivity contribution in [1.82, 2.24) is 14.5 Å². The molecule has 4 rings (SSSR count). The predicted molar refractivity (Wildman–Crippen MR) is 118 cm³/mol. The molecule has 8 heteroatoms. The Kier molecular flexibility index (Phi) is 5.30. The Morgan fingerprint density at radius 3 is 2.20 bits per heavy atom. The summed E-state index contributed by atoms with van der Waals surface area (Å²) in [6.07, 6.45) is 1.75. The maximum absolute atomic E-state index is 5.43. The van der Waals surface area contributed by atoms with Gasteiger partial charge in [0.25, 0.3) is 0 Å². The van der Waals surface area contributed by atoms with E-state index in [1.54, 1.807) is 27.5 Å². The molecule has 30 heavy (non-hydrogen) atoms. The largest absolute Gasteiger partial charge is 0.493 e. The molecule has 0 bridgehead atoms. The summed E-state index contributed by atoms with van der Waals surface area (Å²) in [7, 11) is 6.60. The fourth-order valence-electron chi connectivity index (χ4n) is 3.36. The standard InChI is InChI=1S/C22H23N5O3/c1-23-22-26-16-13-24-20(12-17(16)27(22)15-8-6-5-7-9-15)25-14-10-18(28-2)21(30-4)19(11-14)29-3/h5-13H,1-4H3,(H,23,26)(H,24,25). The fraction of sp³-hybridized carbons (Fsp3) is 0.182. The first kappa shape index (κ1) is 19.4. The van der Waals surface area contributed by atoms with Crippen molar-refractivity contribution in [3.05, 3.63) is 54.7 Å². The van der Waals surface area contributed by atoms with E-state index in [1.165, 1.54) is 0 Å². The van der Waals surface area contributed by atoms with E-state index in [0.717, 1.165) is 28.4 Å². The second kappa shape index (κ2) is 8.20. The van der Waals surface area contributed by atoms with Gasteiger partial charge in [-0.1, -0.05) is 18.2 Å². The lowest BCUT2D eigenvalue weighted by molar-refractivity contribution is 0.324. The van der Waals surface area contributed by atoms with Crippen LogP contribution in [0.1, 0.15) is 0 Å². The van der Waals surface area contributed by atoms with Gasteiger partial charge in [0, 0.05) is 36.6 Å². The second-order valence-corrected chi connectivity index (χ2v) is 6.45. The number of ether oxygens (including phenoxy) is 3. The molecule has 0 aliphatic rings. The molecule has 4 aromatic rings. The van der Waals surface area contributed by atoms with Gasteiger partial charge in [-0.05, 0) is 12.1 Å². The van der Waals surface area contributed by atoms with E-state index in [2.05, 4.69) is 25.2 Å². The molecule has 0 unspecified atom stereocenters. The van der Waals surface area contributed by atoms with Gasteiger partial charge in [-0.2, -0.15) is 0 Å². The highest BCUT2D eigenvalue weighted by Crippen LogP contribution is 2.40. The summed E-state index contributed by atoms with van der Waals surface area (Å²) in [5, 5.41) is 6.47. The Morgan fingerprint density at radius 2 is 1.60 bits per heavy atom. The van der Waals surface area contributed by atoms with Crippen molar-refractivity contribution in [3.8, 4) is 22.9 Å². The number of hydrogen-bond acceptors (Lipinski definition) is 7. The summed E-state index contributed by atoms with van der Waals surface area (Å²) in [5.41, 5.74) is 3.49. The number of rotatable bonds is 7. The first-order valence-corrected chi connectivity index (χ1v) is 9.37. The molecule has 0 fully saturated rings. The molecule has 0 radical (unpaired) electrons. The fourth-order valence-corrected chi connectivity index (χ4v) is 3.36. The van der Waals surface area contributed by atoms with Crippen molar-refractivity contribution >= 4 is 28.5 Å². The average molecular weight is 405 g/mol. The smallest absolute Gasteiger partial charge is 0.208 e. The quantitative estimate of drug-likeness (QED) is 0.476.